The topological polar surface area (TPSA) is 89.9 Å². The molecule has 0 saturated heterocycles. The third-order valence-corrected chi connectivity index (χ3v) is 3.40. The Kier molecular flexibility index (Phi) is 5.21. The molecule has 6 nitrogen and oxygen atoms in total. The first-order chi connectivity index (χ1) is 10.3. The van der Waals surface area contributed by atoms with Crippen LogP contribution >= 0.6 is 0 Å². The summed E-state index contributed by atoms with van der Waals surface area (Å²) in [5.74, 6) is -1.64. The molecule has 1 N–H and O–H groups in total. The van der Waals surface area contributed by atoms with Gasteiger partial charge < -0.3 is 9.47 Å². The molecule has 0 aromatic heterocycles. The number of benzene rings is 1. The van der Waals surface area contributed by atoms with Gasteiger partial charge in [0.05, 0.1) is 12.7 Å². The van der Waals surface area contributed by atoms with Gasteiger partial charge >= 0.3 is 27.5 Å². The maximum absolute atomic E-state index is 13.2. The lowest BCUT2D eigenvalue weighted by Crippen LogP contribution is -2.52. The molecule has 130 valence electrons. The maximum Gasteiger partial charge on any atom is 0.432 e. The van der Waals surface area contributed by atoms with Crippen molar-refractivity contribution in [3.63, 3.8) is 0 Å². The fourth-order valence-electron chi connectivity index (χ4n) is 1.36. The van der Waals surface area contributed by atoms with E-state index in [1.807, 2.05) is 0 Å². The van der Waals surface area contributed by atoms with Crippen LogP contribution in [0.4, 0.5) is 22.0 Å². The molecule has 0 spiro atoms. The van der Waals surface area contributed by atoms with Gasteiger partial charge in [0.1, 0.15) is 5.75 Å². The second kappa shape index (κ2) is 6.28. The molecule has 23 heavy (non-hydrogen) atoms. The highest BCUT2D eigenvalue weighted by Crippen LogP contribution is 2.38. The molecule has 1 aromatic rings. The number of rotatable bonds is 5. The largest absolute Gasteiger partial charge is 0.497 e. The maximum atomic E-state index is 13.2. The standard InChI is InChI=1S/C11H9F5O6S/c1-21-7-4-2-6(3-5-7)8(17)22-9(10(12,13)14)11(15,16)23(18,19)20/h2-5,9H,1H3,(H,18,19,20). The van der Waals surface area contributed by atoms with Gasteiger partial charge in [0.15, 0.2) is 0 Å². The highest BCUT2D eigenvalue weighted by Gasteiger charge is 2.66. The van der Waals surface area contributed by atoms with Gasteiger partial charge in [-0.2, -0.15) is 30.4 Å². The highest BCUT2D eigenvalue weighted by atomic mass is 32.2. The Hall–Kier alpha value is -1.95. The van der Waals surface area contributed by atoms with Gasteiger partial charge in [-0.3, -0.25) is 4.55 Å². The van der Waals surface area contributed by atoms with Crippen LogP contribution in [-0.2, 0) is 14.9 Å². The molecule has 1 rings (SSSR count). The second-order valence-corrected chi connectivity index (χ2v) is 5.59. The average Bonchev–Trinajstić information content (AvgIpc) is 2.41. The number of hydrogen-bond donors (Lipinski definition) is 1. The van der Waals surface area contributed by atoms with Crippen molar-refractivity contribution in [2.75, 3.05) is 7.11 Å². The number of halogens is 5. The van der Waals surface area contributed by atoms with Gasteiger partial charge in [-0.15, -0.1) is 0 Å². The van der Waals surface area contributed by atoms with Crippen LogP contribution in [0.5, 0.6) is 5.75 Å². The number of methoxy groups -OCH3 is 1. The van der Waals surface area contributed by atoms with Gasteiger partial charge in [0.25, 0.3) is 6.10 Å². The van der Waals surface area contributed by atoms with E-state index in [0.717, 1.165) is 24.3 Å². The first-order valence-corrected chi connectivity index (χ1v) is 7.01. The summed E-state index contributed by atoms with van der Waals surface area (Å²) in [6.45, 7) is 0. The van der Waals surface area contributed by atoms with Crippen LogP contribution in [0.1, 0.15) is 10.4 Å². The van der Waals surface area contributed by atoms with Gasteiger partial charge in [0, 0.05) is 0 Å². The van der Waals surface area contributed by atoms with Crippen molar-refractivity contribution in [2.45, 2.75) is 17.5 Å². The predicted molar refractivity (Wildman–Crippen MR) is 64.7 cm³/mol. The Morgan fingerprint density at radius 1 is 1.13 bits per heavy atom. The minimum Gasteiger partial charge on any atom is -0.497 e. The van der Waals surface area contributed by atoms with E-state index in [1.54, 1.807) is 0 Å². The van der Waals surface area contributed by atoms with Crippen molar-refractivity contribution in [3.8, 4) is 5.75 Å². The van der Waals surface area contributed by atoms with E-state index in [-0.39, 0.29) is 5.75 Å². The average molecular weight is 364 g/mol. The van der Waals surface area contributed by atoms with Gasteiger partial charge in [0.2, 0.25) is 0 Å². The van der Waals surface area contributed by atoms with Crippen LogP contribution in [0.25, 0.3) is 0 Å². The van der Waals surface area contributed by atoms with Gasteiger partial charge in [-0.05, 0) is 24.3 Å². The van der Waals surface area contributed by atoms with Crippen LogP contribution in [0.15, 0.2) is 24.3 Å². The molecule has 1 atom stereocenters. The minimum atomic E-state index is -6.47. The summed E-state index contributed by atoms with van der Waals surface area (Å²) in [5, 5.41) is -5.77. The molecular formula is C11H9F5O6S. The fourth-order valence-corrected chi connectivity index (χ4v) is 1.82. The van der Waals surface area contributed by atoms with E-state index >= 15 is 0 Å². The Morgan fingerprint density at radius 2 is 1.61 bits per heavy atom. The third-order valence-electron chi connectivity index (χ3n) is 2.50. The number of carbonyl (C=O) groups excluding carboxylic acids is 1. The van der Waals surface area contributed by atoms with Crippen LogP contribution in [0.3, 0.4) is 0 Å². The van der Waals surface area contributed by atoms with E-state index in [2.05, 4.69) is 4.74 Å². The van der Waals surface area contributed by atoms with Crippen molar-refractivity contribution in [1.29, 1.82) is 0 Å². The van der Waals surface area contributed by atoms with E-state index < -0.39 is 39.2 Å². The van der Waals surface area contributed by atoms with Gasteiger partial charge in [-0.25, -0.2) is 4.79 Å². The Bertz CT molecular complexity index is 667. The highest BCUT2D eigenvalue weighted by molar-refractivity contribution is 7.86. The zero-order chi connectivity index (χ0) is 18.1. The molecule has 0 aliphatic rings. The molecule has 0 bridgehead atoms. The Balaban J connectivity index is 3.14. The summed E-state index contributed by atoms with van der Waals surface area (Å²) in [6.07, 6.45) is -10.3. The van der Waals surface area contributed by atoms with Crippen LogP contribution in [0.2, 0.25) is 0 Å². The molecule has 0 heterocycles. The normalized spacial score (nSPS) is 14.2. The number of ether oxygens (including phenoxy) is 2. The molecule has 12 heteroatoms. The lowest BCUT2D eigenvalue weighted by Gasteiger charge is -2.26. The zero-order valence-corrected chi connectivity index (χ0v) is 12.0. The first kappa shape index (κ1) is 19.1. The van der Waals surface area contributed by atoms with E-state index in [0.29, 0.717) is 0 Å². The Labute approximate surface area is 126 Å². The van der Waals surface area contributed by atoms with E-state index in [4.69, 9.17) is 9.29 Å². The summed E-state index contributed by atoms with van der Waals surface area (Å²) < 4.78 is 102. The molecule has 0 saturated carbocycles. The van der Waals surface area contributed by atoms with Crippen molar-refractivity contribution in [3.05, 3.63) is 29.8 Å². The van der Waals surface area contributed by atoms with E-state index in [1.165, 1.54) is 7.11 Å². The molecule has 0 aliphatic carbocycles. The van der Waals surface area contributed by atoms with Crippen molar-refractivity contribution < 1.29 is 49.2 Å². The van der Waals surface area contributed by atoms with Crippen LogP contribution < -0.4 is 4.74 Å². The fraction of sp³-hybridized carbons (Fsp3) is 0.364. The second-order valence-electron chi connectivity index (χ2n) is 4.09. The summed E-state index contributed by atoms with van der Waals surface area (Å²) in [5.41, 5.74) is -0.564. The summed E-state index contributed by atoms with van der Waals surface area (Å²) in [4.78, 5) is 11.5. The molecule has 0 amide bonds. The quantitative estimate of drug-likeness (QED) is 0.490. The van der Waals surface area contributed by atoms with Gasteiger partial charge in [-0.1, -0.05) is 0 Å². The number of alkyl halides is 5. The molecular weight excluding hydrogens is 355 g/mol. The third kappa shape index (κ3) is 4.28. The van der Waals surface area contributed by atoms with Crippen molar-refractivity contribution in [1.82, 2.24) is 0 Å². The molecule has 0 radical (unpaired) electrons. The number of esters is 1. The number of carbonyl (C=O) groups is 1. The SMILES string of the molecule is COc1ccc(C(=O)OC(C(F)(F)F)C(F)(F)S(=O)(=O)O)cc1. The van der Waals surface area contributed by atoms with Crippen molar-refractivity contribution >= 4 is 16.1 Å². The smallest absolute Gasteiger partial charge is 0.432 e. The minimum absolute atomic E-state index is 0.220. The summed E-state index contributed by atoms with van der Waals surface area (Å²) in [6, 6.07) is 4.11. The molecule has 0 aliphatic heterocycles. The Morgan fingerprint density at radius 3 is 1.96 bits per heavy atom. The zero-order valence-electron chi connectivity index (χ0n) is 11.2. The van der Waals surface area contributed by atoms with Crippen LogP contribution in [-0.4, -0.2) is 43.6 Å². The lowest BCUT2D eigenvalue weighted by molar-refractivity contribution is -0.248. The summed E-state index contributed by atoms with van der Waals surface area (Å²) in [7, 11) is -5.21. The molecule has 1 aromatic carbocycles. The first-order valence-electron chi connectivity index (χ1n) is 5.57. The summed E-state index contributed by atoms with van der Waals surface area (Å²) >= 11 is 0. The monoisotopic (exact) mass is 364 g/mol. The molecule has 1 unspecified atom stereocenters. The van der Waals surface area contributed by atoms with E-state index in [9.17, 15) is 35.2 Å². The molecule has 0 fully saturated rings. The van der Waals surface area contributed by atoms with Crippen LogP contribution in [0, 0.1) is 0 Å². The predicted octanol–water partition coefficient (Wildman–Crippen LogP) is 2.26. The lowest BCUT2D eigenvalue weighted by atomic mass is 10.2. The van der Waals surface area contributed by atoms with Crippen molar-refractivity contribution in [2.24, 2.45) is 0 Å². The number of hydrogen-bond acceptors (Lipinski definition) is 5.